The topological polar surface area (TPSA) is 63.4 Å². The van der Waals surface area contributed by atoms with E-state index in [0.717, 1.165) is 0 Å². The first kappa shape index (κ1) is 14.4. The van der Waals surface area contributed by atoms with E-state index < -0.39 is 10.0 Å². The fourth-order valence-corrected chi connectivity index (χ4v) is 3.72. The number of anilines is 2. The monoisotopic (exact) mass is 290 g/mol. The highest BCUT2D eigenvalue weighted by Crippen LogP contribution is 2.26. The lowest BCUT2D eigenvalue weighted by Crippen LogP contribution is -2.36. The fourth-order valence-electron chi connectivity index (χ4n) is 2.04. The van der Waals surface area contributed by atoms with E-state index in [0.29, 0.717) is 11.4 Å². The summed E-state index contributed by atoms with van der Waals surface area (Å²) >= 11 is 0. The molecule has 2 aromatic rings. The Morgan fingerprint density at radius 2 is 1.50 bits per heavy atom. The Labute approximate surface area is 119 Å². The molecule has 2 rings (SSSR count). The average Bonchev–Trinajstić information content (AvgIpc) is 2.41. The molecule has 0 aromatic heterocycles. The van der Waals surface area contributed by atoms with Crippen molar-refractivity contribution in [3.8, 4) is 0 Å². The molecule has 4 nitrogen and oxygen atoms in total. The van der Waals surface area contributed by atoms with E-state index in [-0.39, 0.29) is 10.9 Å². The minimum Gasteiger partial charge on any atom is -0.399 e. The van der Waals surface area contributed by atoms with Gasteiger partial charge in [0.05, 0.1) is 10.6 Å². The van der Waals surface area contributed by atoms with E-state index in [1.165, 1.54) is 4.31 Å². The first-order chi connectivity index (χ1) is 9.43. The van der Waals surface area contributed by atoms with Crippen molar-refractivity contribution in [2.24, 2.45) is 0 Å². The molecule has 0 amide bonds. The molecular weight excluding hydrogens is 272 g/mol. The summed E-state index contributed by atoms with van der Waals surface area (Å²) in [5.74, 6) is 0. The van der Waals surface area contributed by atoms with Crippen molar-refractivity contribution in [1.82, 2.24) is 0 Å². The van der Waals surface area contributed by atoms with Crippen molar-refractivity contribution in [2.45, 2.75) is 24.8 Å². The van der Waals surface area contributed by atoms with Crippen molar-refractivity contribution >= 4 is 21.4 Å². The van der Waals surface area contributed by atoms with Crippen LogP contribution in [-0.2, 0) is 10.0 Å². The molecule has 0 atom stereocenters. The van der Waals surface area contributed by atoms with Crippen LogP contribution in [-0.4, -0.2) is 14.5 Å². The van der Waals surface area contributed by atoms with E-state index in [1.807, 2.05) is 13.8 Å². The molecule has 0 spiro atoms. The summed E-state index contributed by atoms with van der Waals surface area (Å²) in [6, 6.07) is 15.1. The summed E-state index contributed by atoms with van der Waals surface area (Å²) < 4.78 is 26.9. The summed E-state index contributed by atoms with van der Waals surface area (Å²) in [6.45, 7) is 3.69. The quantitative estimate of drug-likeness (QED) is 0.881. The zero-order valence-corrected chi connectivity index (χ0v) is 12.3. The average molecular weight is 290 g/mol. The molecule has 0 radical (unpaired) electrons. The largest absolute Gasteiger partial charge is 0.399 e. The van der Waals surface area contributed by atoms with E-state index in [4.69, 9.17) is 5.73 Å². The van der Waals surface area contributed by atoms with Crippen LogP contribution in [0.4, 0.5) is 11.4 Å². The van der Waals surface area contributed by atoms with Gasteiger partial charge in [-0.1, -0.05) is 18.2 Å². The van der Waals surface area contributed by atoms with Gasteiger partial charge in [-0.25, -0.2) is 8.42 Å². The normalized spacial score (nSPS) is 11.6. The van der Waals surface area contributed by atoms with Crippen LogP contribution in [0.3, 0.4) is 0 Å². The van der Waals surface area contributed by atoms with E-state index in [9.17, 15) is 8.42 Å². The highest BCUT2D eigenvalue weighted by Gasteiger charge is 2.26. The molecule has 20 heavy (non-hydrogen) atoms. The molecule has 0 aliphatic carbocycles. The molecule has 0 bridgehead atoms. The van der Waals surface area contributed by atoms with Gasteiger partial charge in [-0.15, -0.1) is 0 Å². The number of hydrogen-bond acceptors (Lipinski definition) is 3. The molecule has 5 heteroatoms. The molecule has 0 aliphatic heterocycles. The third-order valence-corrected chi connectivity index (χ3v) is 4.93. The summed E-state index contributed by atoms with van der Waals surface area (Å²) in [7, 11) is -3.57. The first-order valence-corrected chi connectivity index (χ1v) is 7.82. The zero-order valence-electron chi connectivity index (χ0n) is 11.5. The number of nitrogens with two attached hydrogens (primary N) is 1. The van der Waals surface area contributed by atoms with Gasteiger partial charge in [0.25, 0.3) is 10.0 Å². The predicted molar refractivity (Wildman–Crippen MR) is 82.1 cm³/mol. The Bertz CT molecular complexity index is 665. The van der Waals surface area contributed by atoms with Crippen LogP contribution in [0.1, 0.15) is 13.8 Å². The van der Waals surface area contributed by atoms with Crippen molar-refractivity contribution in [2.75, 3.05) is 10.0 Å². The molecule has 0 aliphatic rings. The number of nitrogen functional groups attached to an aromatic ring is 1. The van der Waals surface area contributed by atoms with Gasteiger partial charge >= 0.3 is 0 Å². The number of nitrogens with zero attached hydrogens (tertiary/aromatic N) is 1. The molecule has 0 saturated carbocycles. The van der Waals surface area contributed by atoms with Gasteiger partial charge in [0, 0.05) is 11.7 Å². The van der Waals surface area contributed by atoms with Crippen LogP contribution in [0.15, 0.2) is 59.5 Å². The molecule has 0 saturated heterocycles. The molecule has 106 valence electrons. The Morgan fingerprint density at radius 1 is 0.950 bits per heavy atom. The standard InChI is InChI=1S/C15H18N2O2S/c1-12(2)17(14-10-8-13(16)9-11-14)20(18,19)15-6-4-3-5-7-15/h3-12H,16H2,1-2H3. The molecule has 0 heterocycles. The van der Waals surface area contributed by atoms with Gasteiger partial charge in [0.2, 0.25) is 0 Å². The molecule has 0 unspecified atom stereocenters. The zero-order chi connectivity index (χ0) is 14.8. The molecule has 0 fully saturated rings. The maximum Gasteiger partial charge on any atom is 0.264 e. The maximum absolute atomic E-state index is 12.8. The Balaban J connectivity index is 2.52. The molecule has 2 aromatic carbocycles. The number of benzene rings is 2. The van der Waals surface area contributed by atoms with Crippen LogP contribution >= 0.6 is 0 Å². The highest BCUT2D eigenvalue weighted by molar-refractivity contribution is 7.92. The maximum atomic E-state index is 12.8. The van der Waals surface area contributed by atoms with Gasteiger partial charge in [-0.3, -0.25) is 4.31 Å². The second-order valence-electron chi connectivity index (χ2n) is 4.80. The smallest absolute Gasteiger partial charge is 0.264 e. The number of rotatable bonds is 4. The van der Waals surface area contributed by atoms with E-state index >= 15 is 0 Å². The second kappa shape index (κ2) is 5.54. The van der Waals surface area contributed by atoms with Crippen LogP contribution in [0.2, 0.25) is 0 Å². The fraction of sp³-hybridized carbons (Fsp3) is 0.200. The molecular formula is C15H18N2O2S. The van der Waals surface area contributed by atoms with Gasteiger partial charge in [-0.05, 0) is 50.2 Å². The summed E-state index contributed by atoms with van der Waals surface area (Å²) in [6.07, 6.45) is 0. The third kappa shape index (κ3) is 2.77. The van der Waals surface area contributed by atoms with Crippen molar-refractivity contribution in [1.29, 1.82) is 0 Å². The third-order valence-electron chi connectivity index (χ3n) is 2.92. The second-order valence-corrected chi connectivity index (χ2v) is 6.61. The van der Waals surface area contributed by atoms with Crippen molar-refractivity contribution in [3.63, 3.8) is 0 Å². The van der Waals surface area contributed by atoms with Crippen LogP contribution < -0.4 is 10.0 Å². The van der Waals surface area contributed by atoms with Crippen molar-refractivity contribution in [3.05, 3.63) is 54.6 Å². The summed E-state index contributed by atoms with van der Waals surface area (Å²) in [4.78, 5) is 0.283. The van der Waals surface area contributed by atoms with Crippen LogP contribution in [0, 0.1) is 0 Å². The number of hydrogen-bond donors (Lipinski definition) is 1. The van der Waals surface area contributed by atoms with Gasteiger partial charge in [-0.2, -0.15) is 0 Å². The molecule has 2 N–H and O–H groups in total. The SMILES string of the molecule is CC(C)N(c1ccc(N)cc1)S(=O)(=O)c1ccccc1. The summed E-state index contributed by atoms with van der Waals surface area (Å²) in [5, 5.41) is 0. The Morgan fingerprint density at radius 3 is 2.00 bits per heavy atom. The summed E-state index contributed by atoms with van der Waals surface area (Å²) in [5.41, 5.74) is 6.87. The first-order valence-electron chi connectivity index (χ1n) is 6.38. The van der Waals surface area contributed by atoms with Crippen LogP contribution in [0.5, 0.6) is 0 Å². The van der Waals surface area contributed by atoms with Gasteiger partial charge in [0.1, 0.15) is 0 Å². The Kier molecular flexibility index (Phi) is 3.99. The van der Waals surface area contributed by atoms with E-state index in [2.05, 4.69) is 0 Å². The highest BCUT2D eigenvalue weighted by atomic mass is 32.2. The Hall–Kier alpha value is -2.01. The predicted octanol–water partition coefficient (Wildman–Crippen LogP) is 2.87. The minimum atomic E-state index is -3.57. The number of sulfonamides is 1. The van der Waals surface area contributed by atoms with E-state index in [1.54, 1.807) is 54.6 Å². The van der Waals surface area contributed by atoms with Gasteiger partial charge < -0.3 is 5.73 Å². The minimum absolute atomic E-state index is 0.191. The lowest BCUT2D eigenvalue weighted by Gasteiger charge is -2.28. The van der Waals surface area contributed by atoms with Crippen molar-refractivity contribution < 1.29 is 8.42 Å². The lowest BCUT2D eigenvalue weighted by atomic mass is 10.2. The van der Waals surface area contributed by atoms with Gasteiger partial charge in [0.15, 0.2) is 0 Å². The van der Waals surface area contributed by atoms with Crippen LogP contribution in [0.25, 0.3) is 0 Å². The lowest BCUT2D eigenvalue weighted by molar-refractivity contribution is 0.584.